The first-order chi connectivity index (χ1) is 16.6. The van der Waals surface area contributed by atoms with Crippen LogP contribution in [0.1, 0.15) is 99.8 Å². The summed E-state index contributed by atoms with van der Waals surface area (Å²) in [6.07, 6.45) is 34.6. The lowest BCUT2D eigenvalue weighted by Gasteiger charge is -2.11. The Morgan fingerprint density at radius 1 is 0.657 bits per heavy atom. The maximum absolute atomic E-state index is 10.8. The average molecular weight is 485 g/mol. The second-order valence-electron chi connectivity index (χ2n) is 9.53. The van der Waals surface area contributed by atoms with Crippen LogP contribution in [-0.2, 0) is 14.3 Å². The molecule has 0 aromatic rings. The van der Waals surface area contributed by atoms with Crippen LogP contribution in [0.4, 0.5) is 0 Å². The van der Waals surface area contributed by atoms with Gasteiger partial charge in [-0.3, -0.25) is 9.59 Å². The Balaban J connectivity index is 0. The number of ether oxygens (including phenoxy) is 1. The molecule has 0 saturated carbocycles. The molecule has 0 heterocycles. The molecule has 0 fully saturated rings. The topological polar surface area (TPSA) is 43.4 Å². The Bertz CT molecular complexity index is 697. The SMILES string of the molecule is CC(=O)C(C)(C)C.CC/C=C\C/C=C\C/C=C\C/C=C\C/C=C\C/C=C\CC(CC)COC(C)=O. The summed E-state index contributed by atoms with van der Waals surface area (Å²) in [6, 6.07) is 0. The Morgan fingerprint density at radius 2 is 1.00 bits per heavy atom. The molecule has 0 aliphatic carbocycles. The number of Topliss-reactive ketones (excluding diaryl/α,β-unsaturated/α-hetero) is 1. The largest absolute Gasteiger partial charge is 0.466 e. The third kappa shape index (κ3) is 29.5. The van der Waals surface area contributed by atoms with Gasteiger partial charge < -0.3 is 4.74 Å². The summed E-state index contributed by atoms with van der Waals surface area (Å²) < 4.78 is 5.08. The monoisotopic (exact) mass is 484 g/mol. The molecule has 0 aromatic heterocycles. The Labute approximate surface area is 216 Å². The Morgan fingerprint density at radius 3 is 1.29 bits per heavy atom. The van der Waals surface area contributed by atoms with Crippen molar-refractivity contribution in [1.82, 2.24) is 0 Å². The van der Waals surface area contributed by atoms with E-state index in [9.17, 15) is 9.59 Å². The Hall–Kier alpha value is -2.42. The van der Waals surface area contributed by atoms with Crippen molar-refractivity contribution in [3.63, 3.8) is 0 Å². The molecule has 35 heavy (non-hydrogen) atoms. The number of hydrogen-bond donors (Lipinski definition) is 0. The number of allylic oxidation sites excluding steroid dienone is 12. The quantitative estimate of drug-likeness (QED) is 0.162. The van der Waals surface area contributed by atoms with Crippen molar-refractivity contribution in [3.8, 4) is 0 Å². The van der Waals surface area contributed by atoms with Gasteiger partial charge in [-0.25, -0.2) is 0 Å². The summed E-state index contributed by atoms with van der Waals surface area (Å²) in [6.45, 7) is 13.6. The Kier molecular flexibility index (Phi) is 24.5. The number of rotatable bonds is 16. The zero-order chi connectivity index (χ0) is 26.8. The molecule has 0 spiro atoms. The van der Waals surface area contributed by atoms with Crippen molar-refractivity contribution >= 4 is 11.8 Å². The third-order valence-electron chi connectivity index (χ3n) is 5.22. The van der Waals surface area contributed by atoms with Gasteiger partial charge in [-0.2, -0.15) is 0 Å². The van der Waals surface area contributed by atoms with Crippen molar-refractivity contribution in [2.45, 2.75) is 99.8 Å². The second-order valence-corrected chi connectivity index (χ2v) is 9.53. The van der Waals surface area contributed by atoms with Crippen LogP contribution in [-0.4, -0.2) is 18.4 Å². The van der Waals surface area contributed by atoms with E-state index in [1.165, 1.54) is 6.92 Å². The van der Waals surface area contributed by atoms with Crippen LogP contribution in [0.3, 0.4) is 0 Å². The molecule has 0 aliphatic rings. The van der Waals surface area contributed by atoms with Crippen LogP contribution in [0, 0.1) is 11.3 Å². The van der Waals surface area contributed by atoms with Crippen molar-refractivity contribution in [2.24, 2.45) is 11.3 Å². The van der Waals surface area contributed by atoms with E-state index in [0.717, 1.165) is 51.4 Å². The first-order valence-electron chi connectivity index (χ1n) is 13.2. The summed E-state index contributed by atoms with van der Waals surface area (Å²) in [4.78, 5) is 21.3. The highest BCUT2D eigenvalue weighted by Gasteiger charge is 2.14. The summed E-state index contributed by atoms with van der Waals surface area (Å²) in [5.41, 5.74) is -0.139. The smallest absolute Gasteiger partial charge is 0.302 e. The van der Waals surface area contributed by atoms with Gasteiger partial charge in [-0.15, -0.1) is 0 Å². The van der Waals surface area contributed by atoms with Crippen molar-refractivity contribution in [3.05, 3.63) is 72.9 Å². The van der Waals surface area contributed by atoms with Gasteiger partial charge in [0.05, 0.1) is 6.61 Å². The highest BCUT2D eigenvalue weighted by molar-refractivity contribution is 5.80. The molecule has 0 amide bonds. The van der Waals surface area contributed by atoms with E-state index in [2.05, 4.69) is 86.8 Å². The van der Waals surface area contributed by atoms with Crippen LogP contribution >= 0.6 is 0 Å². The van der Waals surface area contributed by atoms with E-state index in [1.54, 1.807) is 6.92 Å². The van der Waals surface area contributed by atoms with E-state index in [0.29, 0.717) is 12.5 Å². The van der Waals surface area contributed by atoms with Gasteiger partial charge in [-0.1, -0.05) is 108 Å². The second kappa shape index (κ2) is 24.7. The molecule has 1 unspecified atom stereocenters. The molecule has 0 saturated heterocycles. The molecule has 0 rings (SSSR count). The van der Waals surface area contributed by atoms with Gasteiger partial charge >= 0.3 is 5.97 Å². The van der Waals surface area contributed by atoms with Crippen molar-refractivity contribution < 1.29 is 14.3 Å². The van der Waals surface area contributed by atoms with Crippen LogP contribution in [0.15, 0.2) is 72.9 Å². The van der Waals surface area contributed by atoms with Gasteiger partial charge in [0.25, 0.3) is 0 Å². The van der Waals surface area contributed by atoms with E-state index in [4.69, 9.17) is 4.74 Å². The number of carbonyl (C=O) groups is 2. The van der Waals surface area contributed by atoms with Gasteiger partial charge in [-0.05, 0) is 64.2 Å². The number of hydrogen-bond acceptors (Lipinski definition) is 3. The van der Waals surface area contributed by atoms with Gasteiger partial charge in [0.1, 0.15) is 5.78 Å². The zero-order valence-corrected chi connectivity index (χ0v) is 23.6. The molecule has 3 heteroatoms. The normalized spacial score (nSPS) is 13.5. The van der Waals surface area contributed by atoms with Crippen LogP contribution in [0.2, 0.25) is 0 Å². The van der Waals surface area contributed by atoms with Crippen molar-refractivity contribution in [2.75, 3.05) is 6.61 Å². The third-order valence-corrected chi connectivity index (χ3v) is 5.22. The maximum atomic E-state index is 10.8. The van der Waals surface area contributed by atoms with E-state index in [-0.39, 0.29) is 17.2 Å². The summed E-state index contributed by atoms with van der Waals surface area (Å²) in [5, 5.41) is 0. The van der Waals surface area contributed by atoms with Gasteiger partial charge in [0.2, 0.25) is 0 Å². The molecule has 0 bridgehead atoms. The first kappa shape index (κ1) is 34.7. The lowest BCUT2D eigenvalue weighted by Crippen LogP contribution is -2.15. The maximum Gasteiger partial charge on any atom is 0.302 e. The van der Waals surface area contributed by atoms with Crippen LogP contribution in [0.5, 0.6) is 0 Å². The number of esters is 1. The molecular weight excluding hydrogens is 432 g/mol. The van der Waals surface area contributed by atoms with Crippen molar-refractivity contribution in [1.29, 1.82) is 0 Å². The average Bonchev–Trinajstić information content (AvgIpc) is 2.79. The molecule has 0 aromatic carbocycles. The van der Waals surface area contributed by atoms with Gasteiger partial charge in [0, 0.05) is 12.3 Å². The fourth-order valence-corrected chi connectivity index (χ4v) is 2.40. The predicted octanol–water partition coefficient (Wildman–Crippen LogP) is 9.29. The molecule has 1 atom stereocenters. The lowest BCUT2D eigenvalue weighted by molar-refractivity contribution is -0.142. The molecule has 3 nitrogen and oxygen atoms in total. The van der Waals surface area contributed by atoms with Crippen LogP contribution < -0.4 is 0 Å². The summed E-state index contributed by atoms with van der Waals surface area (Å²) >= 11 is 0. The lowest BCUT2D eigenvalue weighted by atomic mass is 9.92. The molecule has 198 valence electrons. The highest BCUT2D eigenvalue weighted by Crippen LogP contribution is 2.12. The highest BCUT2D eigenvalue weighted by atomic mass is 16.5. The molecule has 0 radical (unpaired) electrons. The summed E-state index contributed by atoms with van der Waals surface area (Å²) in [7, 11) is 0. The molecular formula is C32H52O3. The van der Waals surface area contributed by atoms with Crippen LogP contribution in [0.25, 0.3) is 0 Å². The minimum Gasteiger partial charge on any atom is -0.466 e. The van der Waals surface area contributed by atoms with E-state index < -0.39 is 0 Å². The van der Waals surface area contributed by atoms with Gasteiger partial charge in [0.15, 0.2) is 0 Å². The summed E-state index contributed by atoms with van der Waals surface area (Å²) in [5.74, 6) is 0.474. The zero-order valence-electron chi connectivity index (χ0n) is 23.6. The first-order valence-corrected chi connectivity index (χ1v) is 13.2. The molecule has 0 N–H and O–H groups in total. The standard InChI is InChI=1S/C26H40O2.C6H12O/c1-4-6-7-8-9-10-11-12-13-14-15-16-17-18-19-20-21-22-23-26(5-2)24-28-25(3)27;1-5(7)6(2,3)4/h6-7,9-10,12-13,15-16,18-19,21-22,26H,4-5,8,11,14,17,20,23-24H2,1-3H3;1-4H3/b7-6-,10-9-,13-12-,16-15-,19-18-,22-21-;. The minimum absolute atomic E-state index is 0.139. The minimum atomic E-state index is -0.193. The number of ketones is 1. The van der Waals surface area contributed by atoms with E-state index in [1.807, 2.05) is 20.8 Å². The fourth-order valence-electron chi connectivity index (χ4n) is 2.40. The predicted molar refractivity (Wildman–Crippen MR) is 153 cm³/mol. The fraction of sp³-hybridized carbons (Fsp3) is 0.562. The molecule has 0 aliphatic heterocycles. The number of carbonyl (C=O) groups excluding carboxylic acids is 2. The van der Waals surface area contributed by atoms with E-state index >= 15 is 0 Å².